The number of rotatable bonds is 8. The molecule has 0 atom stereocenters. The van der Waals surface area contributed by atoms with Gasteiger partial charge in [-0.15, -0.1) is 0 Å². The van der Waals surface area contributed by atoms with Crippen molar-refractivity contribution < 1.29 is 17.9 Å². The third-order valence-electron chi connectivity index (χ3n) is 3.99. The van der Waals surface area contributed by atoms with Crippen LogP contribution in [0.5, 0.6) is 0 Å². The molecule has 0 bridgehead atoms. The molecule has 0 aliphatic carbocycles. The van der Waals surface area contributed by atoms with E-state index in [1.807, 2.05) is 0 Å². The molecule has 1 heterocycles. The van der Waals surface area contributed by atoms with Crippen molar-refractivity contribution in [3.63, 3.8) is 0 Å². The Morgan fingerprint density at radius 2 is 1.89 bits per heavy atom. The molecular formula is C17H25Cl2N3O4S. The molecule has 0 saturated carbocycles. The monoisotopic (exact) mass is 437 g/mol. The van der Waals surface area contributed by atoms with Gasteiger partial charge in [-0.1, -0.05) is 23.2 Å². The van der Waals surface area contributed by atoms with Crippen LogP contribution in [0.1, 0.15) is 30.6 Å². The molecule has 1 saturated heterocycles. The number of amides is 1. The van der Waals surface area contributed by atoms with Crippen LogP contribution in [0, 0.1) is 0 Å². The van der Waals surface area contributed by atoms with Crippen molar-refractivity contribution in [1.82, 2.24) is 14.9 Å². The third kappa shape index (κ3) is 6.58. The Hall–Kier alpha value is -0.900. The average molecular weight is 438 g/mol. The lowest BCUT2D eigenvalue weighted by atomic mass is 10.2. The topological polar surface area (TPSA) is 87.7 Å². The van der Waals surface area contributed by atoms with Crippen LogP contribution in [0.2, 0.25) is 10.0 Å². The van der Waals surface area contributed by atoms with Crippen molar-refractivity contribution in [1.29, 1.82) is 0 Å². The molecule has 1 fully saturated rings. The fourth-order valence-electron chi connectivity index (χ4n) is 2.71. The van der Waals surface area contributed by atoms with Crippen LogP contribution in [0.15, 0.2) is 17.0 Å². The Bertz CT molecular complexity index is 766. The van der Waals surface area contributed by atoms with E-state index in [1.165, 1.54) is 12.1 Å². The van der Waals surface area contributed by atoms with Gasteiger partial charge in [0.25, 0.3) is 5.91 Å². The van der Waals surface area contributed by atoms with Crippen LogP contribution in [0.4, 0.5) is 0 Å². The molecule has 0 radical (unpaired) electrons. The highest BCUT2D eigenvalue weighted by molar-refractivity contribution is 7.89. The molecule has 1 aliphatic heterocycles. The summed E-state index contributed by atoms with van der Waals surface area (Å²) in [6, 6.07) is 2.19. The van der Waals surface area contributed by atoms with E-state index in [1.54, 1.807) is 13.8 Å². The zero-order chi connectivity index (χ0) is 20.0. The molecule has 27 heavy (non-hydrogen) atoms. The molecule has 0 unspecified atom stereocenters. The molecule has 7 nitrogen and oxygen atoms in total. The fourth-order valence-corrected chi connectivity index (χ4v) is 4.82. The van der Waals surface area contributed by atoms with Gasteiger partial charge in [0.1, 0.15) is 4.90 Å². The molecule has 1 aromatic rings. The van der Waals surface area contributed by atoms with Crippen molar-refractivity contribution >= 4 is 39.1 Å². The second kappa shape index (κ2) is 10.0. The summed E-state index contributed by atoms with van der Waals surface area (Å²) in [5, 5.41) is 2.85. The standard InChI is InChI=1S/C17H25Cl2N3O4S/c1-12(2)21-27(24,25)16-10-13(14(18)11-15(16)19)17(23)20-4-3-5-22-6-8-26-9-7-22/h10-12,21H,3-9H2,1-2H3,(H,20,23). The first-order valence-corrected chi connectivity index (χ1v) is 11.0. The second-order valence-corrected chi connectivity index (χ2v) is 9.10. The Kier molecular flexibility index (Phi) is 8.33. The molecule has 2 rings (SSSR count). The Morgan fingerprint density at radius 3 is 2.52 bits per heavy atom. The predicted octanol–water partition coefficient (Wildman–Crippen LogP) is 2.13. The number of hydrogen-bond donors (Lipinski definition) is 2. The van der Waals surface area contributed by atoms with Crippen molar-refractivity contribution in [3.05, 3.63) is 27.7 Å². The number of nitrogens with zero attached hydrogens (tertiary/aromatic N) is 1. The Labute approximate surface area is 170 Å². The van der Waals surface area contributed by atoms with Gasteiger partial charge in [-0.2, -0.15) is 0 Å². The Balaban J connectivity index is 2.01. The number of halogens is 2. The largest absolute Gasteiger partial charge is 0.379 e. The molecule has 1 aromatic carbocycles. The van der Waals surface area contributed by atoms with Crippen LogP contribution < -0.4 is 10.0 Å². The predicted molar refractivity (Wildman–Crippen MR) is 106 cm³/mol. The van der Waals surface area contributed by atoms with Crippen LogP contribution in [-0.4, -0.2) is 64.7 Å². The highest BCUT2D eigenvalue weighted by Crippen LogP contribution is 2.28. The highest BCUT2D eigenvalue weighted by atomic mass is 35.5. The summed E-state index contributed by atoms with van der Waals surface area (Å²) in [6.07, 6.45) is 0.775. The molecule has 1 amide bonds. The summed E-state index contributed by atoms with van der Waals surface area (Å²) in [5.41, 5.74) is 0.0802. The van der Waals surface area contributed by atoms with Crippen molar-refractivity contribution in [2.24, 2.45) is 0 Å². The molecular weight excluding hydrogens is 413 g/mol. The van der Waals surface area contributed by atoms with E-state index in [4.69, 9.17) is 27.9 Å². The van der Waals surface area contributed by atoms with Gasteiger partial charge in [0, 0.05) is 25.7 Å². The maximum absolute atomic E-state index is 12.4. The number of morpholine rings is 1. The first-order chi connectivity index (χ1) is 12.7. The van der Waals surface area contributed by atoms with E-state index >= 15 is 0 Å². The average Bonchev–Trinajstić information content (AvgIpc) is 2.58. The molecule has 0 aromatic heterocycles. The van der Waals surface area contributed by atoms with Gasteiger partial charge in [-0.05, 0) is 38.9 Å². The zero-order valence-electron chi connectivity index (χ0n) is 15.4. The lowest BCUT2D eigenvalue weighted by Crippen LogP contribution is -2.38. The second-order valence-electron chi connectivity index (χ2n) is 6.60. The number of ether oxygens (including phenoxy) is 1. The Morgan fingerprint density at radius 1 is 1.22 bits per heavy atom. The maximum Gasteiger partial charge on any atom is 0.252 e. The fraction of sp³-hybridized carbons (Fsp3) is 0.588. The SMILES string of the molecule is CC(C)NS(=O)(=O)c1cc(C(=O)NCCCN2CCOCC2)c(Cl)cc1Cl. The molecule has 2 N–H and O–H groups in total. The van der Waals surface area contributed by atoms with Crippen LogP contribution >= 0.6 is 23.2 Å². The van der Waals surface area contributed by atoms with Gasteiger partial charge in [-0.3, -0.25) is 9.69 Å². The summed E-state index contributed by atoms with van der Waals surface area (Å²) in [5.74, 6) is -0.431. The first kappa shape index (κ1) is 22.4. The number of nitrogens with one attached hydrogen (secondary N) is 2. The minimum absolute atomic E-state index is 0.0305. The maximum atomic E-state index is 12.4. The molecule has 152 valence electrons. The number of hydrogen-bond acceptors (Lipinski definition) is 5. The number of carbonyl (C=O) groups is 1. The summed E-state index contributed by atoms with van der Waals surface area (Å²) in [4.78, 5) is 14.5. The van der Waals surface area contributed by atoms with E-state index in [0.717, 1.165) is 39.3 Å². The number of benzene rings is 1. The van der Waals surface area contributed by atoms with Gasteiger partial charge in [0.2, 0.25) is 10.0 Å². The minimum Gasteiger partial charge on any atom is -0.379 e. The van der Waals surface area contributed by atoms with Crippen LogP contribution in [0.3, 0.4) is 0 Å². The lowest BCUT2D eigenvalue weighted by molar-refractivity contribution is 0.0374. The summed E-state index contributed by atoms with van der Waals surface area (Å²) >= 11 is 12.1. The lowest BCUT2D eigenvalue weighted by Gasteiger charge is -2.26. The number of sulfonamides is 1. The van der Waals surface area contributed by atoms with Gasteiger partial charge < -0.3 is 10.1 Å². The summed E-state index contributed by atoms with van der Waals surface area (Å²) < 4.78 is 32.5. The smallest absolute Gasteiger partial charge is 0.252 e. The van der Waals surface area contributed by atoms with Gasteiger partial charge in [0.15, 0.2) is 0 Å². The summed E-state index contributed by atoms with van der Waals surface area (Å²) in [7, 11) is -3.84. The van der Waals surface area contributed by atoms with E-state index in [9.17, 15) is 13.2 Å². The van der Waals surface area contributed by atoms with E-state index in [0.29, 0.717) is 6.54 Å². The van der Waals surface area contributed by atoms with Crippen molar-refractivity contribution in [2.45, 2.75) is 31.2 Å². The van der Waals surface area contributed by atoms with E-state index in [-0.39, 0.29) is 26.5 Å². The number of carbonyl (C=O) groups excluding carboxylic acids is 1. The van der Waals surface area contributed by atoms with Crippen LogP contribution in [-0.2, 0) is 14.8 Å². The normalized spacial score (nSPS) is 15.9. The molecule has 10 heteroatoms. The van der Waals surface area contributed by atoms with Crippen molar-refractivity contribution in [2.75, 3.05) is 39.4 Å². The first-order valence-electron chi connectivity index (χ1n) is 8.80. The van der Waals surface area contributed by atoms with E-state index in [2.05, 4.69) is 14.9 Å². The third-order valence-corrected chi connectivity index (χ3v) is 6.42. The molecule has 0 spiro atoms. The van der Waals surface area contributed by atoms with Gasteiger partial charge in [0.05, 0.1) is 28.8 Å². The van der Waals surface area contributed by atoms with Gasteiger partial charge in [-0.25, -0.2) is 13.1 Å². The summed E-state index contributed by atoms with van der Waals surface area (Å²) in [6.45, 7) is 7.95. The van der Waals surface area contributed by atoms with Gasteiger partial charge >= 0.3 is 0 Å². The van der Waals surface area contributed by atoms with E-state index < -0.39 is 15.9 Å². The zero-order valence-corrected chi connectivity index (χ0v) is 17.8. The van der Waals surface area contributed by atoms with Crippen LogP contribution in [0.25, 0.3) is 0 Å². The highest BCUT2D eigenvalue weighted by Gasteiger charge is 2.23. The minimum atomic E-state index is -3.84. The quantitative estimate of drug-likeness (QED) is 0.608. The van der Waals surface area contributed by atoms with Crippen molar-refractivity contribution in [3.8, 4) is 0 Å². The molecule has 1 aliphatic rings.